The fraction of sp³-hybridized carbons (Fsp3) is 0.185. The van der Waals surface area contributed by atoms with Crippen molar-refractivity contribution in [1.82, 2.24) is 9.79 Å². The molecule has 0 saturated carbocycles. The Morgan fingerprint density at radius 1 is 1.00 bits per heavy atom. The van der Waals surface area contributed by atoms with Gasteiger partial charge in [0.2, 0.25) is 5.91 Å². The van der Waals surface area contributed by atoms with Crippen LogP contribution in [0.15, 0.2) is 89.8 Å². The largest absolute Gasteiger partial charge is 0.349 e. The summed E-state index contributed by atoms with van der Waals surface area (Å²) < 4.78 is 25.4. The van der Waals surface area contributed by atoms with Gasteiger partial charge >= 0.3 is 0 Å². The molecule has 1 unspecified atom stereocenters. The first-order valence-electron chi connectivity index (χ1n) is 11.0. The highest BCUT2D eigenvalue weighted by Crippen LogP contribution is 2.21. The Kier molecular flexibility index (Phi) is 8.92. The second-order valence-electron chi connectivity index (χ2n) is 7.91. The number of nitrogens with zero attached hydrogens (tertiary/aromatic N) is 1. The lowest BCUT2D eigenvalue weighted by molar-refractivity contribution is -0.124. The summed E-state index contributed by atoms with van der Waals surface area (Å²) in [5.74, 6) is 2.00. The van der Waals surface area contributed by atoms with Crippen LogP contribution in [0.3, 0.4) is 0 Å². The van der Waals surface area contributed by atoms with E-state index in [-0.39, 0.29) is 34.2 Å². The molecule has 1 amide bonds. The van der Waals surface area contributed by atoms with Gasteiger partial charge in [0.25, 0.3) is 10.0 Å². The SMILES string of the molecule is C#Cc1ccc(S(=O)(=O)N(O)[C@@H](C=O)CCC(=O)NC(Cc2ccccc2)c2ccccc2)cc1. The van der Waals surface area contributed by atoms with Gasteiger partial charge in [-0.3, -0.25) is 10.0 Å². The Morgan fingerprint density at radius 3 is 2.17 bits per heavy atom. The van der Waals surface area contributed by atoms with E-state index in [2.05, 4.69) is 11.2 Å². The topological polar surface area (TPSA) is 104 Å². The van der Waals surface area contributed by atoms with Crippen molar-refractivity contribution < 1.29 is 23.2 Å². The first-order valence-corrected chi connectivity index (χ1v) is 12.4. The van der Waals surface area contributed by atoms with Gasteiger partial charge in [0.15, 0.2) is 0 Å². The lowest BCUT2D eigenvalue weighted by atomic mass is 9.98. The molecule has 35 heavy (non-hydrogen) atoms. The van der Waals surface area contributed by atoms with Crippen molar-refractivity contribution in [3.63, 3.8) is 0 Å². The molecule has 3 aromatic carbocycles. The molecule has 0 bridgehead atoms. The normalized spacial score (nSPS) is 12.9. The molecule has 0 spiro atoms. The third-order valence-corrected chi connectivity index (χ3v) is 7.12. The van der Waals surface area contributed by atoms with Crippen molar-refractivity contribution >= 4 is 22.2 Å². The van der Waals surface area contributed by atoms with Crippen LogP contribution in [-0.4, -0.2) is 36.3 Å². The van der Waals surface area contributed by atoms with E-state index in [1.165, 1.54) is 24.3 Å². The van der Waals surface area contributed by atoms with Crippen LogP contribution in [0.5, 0.6) is 0 Å². The molecule has 7 nitrogen and oxygen atoms in total. The number of hydrogen-bond donors (Lipinski definition) is 2. The summed E-state index contributed by atoms with van der Waals surface area (Å²) >= 11 is 0. The Bertz CT molecular complexity index is 1270. The fourth-order valence-electron chi connectivity index (χ4n) is 3.57. The van der Waals surface area contributed by atoms with Crippen LogP contribution in [0.1, 0.15) is 35.6 Å². The van der Waals surface area contributed by atoms with Gasteiger partial charge < -0.3 is 10.1 Å². The lowest BCUT2D eigenvalue weighted by Gasteiger charge is -2.22. The zero-order valence-corrected chi connectivity index (χ0v) is 19.8. The quantitative estimate of drug-likeness (QED) is 0.243. The Hall–Kier alpha value is -3.77. The number of benzene rings is 3. The highest BCUT2D eigenvalue weighted by molar-refractivity contribution is 7.89. The highest BCUT2D eigenvalue weighted by Gasteiger charge is 2.30. The van der Waals surface area contributed by atoms with Gasteiger partial charge in [-0.2, -0.15) is 0 Å². The number of sulfonamides is 1. The van der Waals surface area contributed by atoms with Crippen molar-refractivity contribution in [2.24, 2.45) is 0 Å². The number of aldehydes is 1. The highest BCUT2D eigenvalue weighted by atomic mass is 32.2. The van der Waals surface area contributed by atoms with Gasteiger partial charge in [-0.15, -0.1) is 6.42 Å². The summed E-state index contributed by atoms with van der Waals surface area (Å²) in [5, 5.41) is 13.3. The Morgan fingerprint density at radius 2 is 1.60 bits per heavy atom. The second-order valence-corrected chi connectivity index (χ2v) is 9.70. The van der Waals surface area contributed by atoms with E-state index in [0.29, 0.717) is 18.3 Å². The van der Waals surface area contributed by atoms with Gasteiger partial charge in [-0.05, 0) is 48.2 Å². The van der Waals surface area contributed by atoms with E-state index in [0.717, 1.165) is 11.1 Å². The maximum atomic E-state index is 12.8. The van der Waals surface area contributed by atoms with E-state index in [1.54, 1.807) is 0 Å². The predicted molar refractivity (Wildman–Crippen MR) is 132 cm³/mol. The molecular weight excluding hydrogens is 464 g/mol. The summed E-state index contributed by atoms with van der Waals surface area (Å²) in [6, 6.07) is 22.7. The van der Waals surface area contributed by atoms with Gasteiger partial charge in [-0.1, -0.05) is 71.1 Å². The minimum atomic E-state index is -4.37. The van der Waals surface area contributed by atoms with Gasteiger partial charge in [0.05, 0.1) is 10.9 Å². The predicted octanol–water partition coefficient (Wildman–Crippen LogP) is 3.50. The molecule has 0 saturated heterocycles. The third kappa shape index (κ3) is 6.87. The summed E-state index contributed by atoms with van der Waals surface area (Å²) in [6.07, 6.45) is 5.78. The Labute approximate surface area is 205 Å². The molecular formula is C27H26N2O5S. The van der Waals surface area contributed by atoms with E-state index < -0.39 is 16.1 Å². The maximum Gasteiger partial charge on any atom is 0.265 e. The Balaban J connectivity index is 1.67. The smallest absolute Gasteiger partial charge is 0.265 e. The number of rotatable bonds is 11. The molecule has 8 heteroatoms. The third-order valence-electron chi connectivity index (χ3n) is 5.49. The number of hydrogen-bond acceptors (Lipinski definition) is 5. The van der Waals surface area contributed by atoms with Gasteiger partial charge in [0.1, 0.15) is 12.3 Å². The number of terminal acetylenes is 1. The summed E-state index contributed by atoms with van der Waals surface area (Å²) in [4.78, 5) is 24.1. The molecule has 0 heterocycles. The van der Waals surface area contributed by atoms with Crippen molar-refractivity contribution in [1.29, 1.82) is 0 Å². The van der Waals surface area contributed by atoms with Crippen LogP contribution in [0.25, 0.3) is 0 Å². The number of amides is 1. The standard InChI is InChI=1S/C27H26N2O5S/c1-2-21-13-16-25(17-14-21)35(33,34)29(32)24(20-30)15-18-27(31)28-26(23-11-7-4-8-12-23)19-22-9-5-3-6-10-22/h1,3-14,16-17,20,24,26,32H,15,18-19H2,(H,28,31)/t24-,26?/m1/s1. The van der Waals surface area contributed by atoms with E-state index >= 15 is 0 Å². The van der Waals surface area contributed by atoms with Crippen molar-refractivity contribution in [3.05, 3.63) is 102 Å². The molecule has 3 rings (SSSR count). The fourth-order valence-corrected chi connectivity index (χ4v) is 4.78. The molecule has 2 N–H and O–H groups in total. The summed E-state index contributed by atoms with van der Waals surface area (Å²) in [6.45, 7) is 0. The number of nitrogens with one attached hydrogen (secondary N) is 1. The second kappa shape index (κ2) is 12.1. The molecule has 0 aromatic heterocycles. The van der Waals surface area contributed by atoms with Crippen LogP contribution in [0.2, 0.25) is 0 Å². The molecule has 0 radical (unpaired) electrons. The minimum Gasteiger partial charge on any atom is -0.349 e. The van der Waals surface area contributed by atoms with E-state index in [4.69, 9.17) is 6.42 Å². The molecule has 180 valence electrons. The van der Waals surface area contributed by atoms with Crippen molar-refractivity contribution in [2.75, 3.05) is 0 Å². The first-order chi connectivity index (χ1) is 16.8. The molecule has 3 aromatic rings. The maximum absolute atomic E-state index is 12.8. The average Bonchev–Trinajstić information content (AvgIpc) is 2.89. The van der Waals surface area contributed by atoms with Crippen LogP contribution in [-0.2, 0) is 26.0 Å². The van der Waals surface area contributed by atoms with E-state index in [9.17, 15) is 23.2 Å². The van der Waals surface area contributed by atoms with Crippen LogP contribution >= 0.6 is 0 Å². The van der Waals surface area contributed by atoms with Crippen LogP contribution in [0.4, 0.5) is 0 Å². The first kappa shape index (κ1) is 25.8. The average molecular weight is 491 g/mol. The zero-order valence-electron chi connectivity index (χ0n) is 18.9. The molecule has 0 aliphatic carbocycles. The van der Waals surface area contributed by atoms with E-state index in [1.807, 2.05) is 60.7 Å². The van der Waals surface area contributed by atoms with Gasteiger partial charge in [0, 0.05) is 12.0 Å². The molecule has 2 atom stereocenters. The molecule has 0 fully saturated rings. The van der Waals surface area contributed by atoms with Crippen molar-refractivity contribution in [3.8, 4) is 12.3 Å². The molecule has 0 aliphatic heterocycles. The number of carbonyl (C=O) groups is 2. The summed E-state index contributed by atoms with van der Waals surface area (Å²) in [7, 11) is -4.37. The summed E-state index contributed by atoms with van der Waals surface area (Å²) in [5.41, 5.74) is 2.43. The van der Waals surface area contributed by atoms with Crippen LogP contribution in [0, 0.1) is 12.3 Å². The minimum absolute atomic E-state index is 0.00317. The molecule has 0 aliphatic rings. The zero-order chi connectivity index (χ0) is 25.3. The number of hydroxylamine groups is 1. The number of carbonyl (C=O) groups excluding carboxylic acids is 2. The lowest BCUT2D eigenvalue weighted by Crippen LogP contribution is -2.40. The van der Waals surface area contributed by atoms with Gasteiger partial charge in [-0.25, -0.2) is 8.42 Å². The van der Waals surface area contributed by atoms with Crippen LogP contribution < -0.4 is 5.32 Å². The monoisotopic (exact) mass is 490 g/mol. The van der Waals surface area contributed by atoms with Crippen molar-refractivity contribution in [2.45, 2.75) is 36.2 Å².